The quantitative estimate of drug-likeness (QED) is 0.824. The number of nitrogens with one attached hydrogen (secondary N) is 1. The van der Waals surface area contributed by atoms with E-state index in [2.05, 4.69) is 10.2 Å². The molecule has 2 aliphatic rings. The van der Waals surface area contributed by atoms with Crippen LogP contribution in [0.2, 0.25) is 0 Å². The molecule has 1 aromatic carbocycles. The van der Waals surface area contributed by atoms with Crippen LogP contribution in [-0.4, -0.2) is 56.1 Å². The molecule has 0 aromatic heterocycles. The van der Waals surface area contributed by atoms with Gasteiger partial charge in [0.15, 0.2) is 6.61 Å². The molecule has 1 atom stereocenters. The minimum Gasteiger partial charge on any atom is -0.484 e. The molecule has 1 N–H and O–H groups in total. The van der Waals surface area contributed by atoms with Crippen molar-refractivity contribution >= 4 is 0 Å². The summed E-state index contributed by atoms with van der Waals surface area (Å²) in [6, 6.07) is 7.49. The van der Waals surface area contributed by atoms with Gasteiger partial charge in [0, 0.05) is 32.2 Å². The third kappa shape index (κ3) is 5.65. The molecule has 0 radical (unpaired) electrons. The summed E-state index contributed by atoms with van der Waals surface area (Å²) in [5, 5.41) is 3.32. The Morgan fingerprint density at radius 2 is 2.12 bits per heavy atom. The molecule has 0 spiro atoms. The van der Waals surface area contributed by atoms with E-state index in [-0.39, 0.29) is 11.9 Å². The van der Waals surface area contributed by atoms with E-state index in [1.807, 2.05) is 6.07 Å². The van der Waals surface area contributed by atoms with Crippen LogP contribution < -0.4 is 10.1 Å². The van der Waals surface area contributed by atoms with E-state index in [0.29, 0.717) is 6.54 Å². The predicted octanol–water partition coefficient (Wildman–Crippen LogP) is 2.58. The van der Waals surface area contributed by atoms with Gasteiger partial charge in [-0.05, 0) is 30.5 Å². The number of hydrogen-bond acceptors (Lipinski definition) is 4. The van der Waals surface area contributed by atoms with Crippen molar-refractivity contribution in [1.29, 1.82) is 0 Å². The third-order valence-corrected chi connectivity index (χ3v) is 4.24. The van der Waals surface area contributed by atoms with Gasteiger partial charge in [-0.2, -0.15) is 13.2 Å². The van der Waals surface area contributed by atoms with Crippen LogP contribution in [0.4, 0.5) is 13.2 Å². The van der Waals surface area contributed by atoms with Crippen molar-refractivity contribution in [1.82, 2.24) is 10.2 Å². The fourth-order valence-electron chi connectivity index (χ4n) is 2.92. The molecular weight excluding hydrogens is 321 g/mol. The normalized spacial score (nSPS) is 22.5. The minimum absolute atomic E-state index is 0.170. The Hall–Kier alpha value is -1.31. The molecule has 0 unspecified atom stereocenters. The van der Waals surface area contributed by atoms with E-state index in [0.717, 1.165) is 37.8 Å². The van der Waals surface area contributed by atoms with Gasteiger partial charge in [0.25, 0.3) is 0 Å². The van der Waals surface area contributed by atoms with E-state index < -0.39 is 12.8 Å². The highest BCUT2D eigenvalue weighted by molar-refractivity contribution is 5.28. The van der Waals surface area contributed by atoms with Gasteiger partial charge in [0.05, 0.1) is 12.7 Å². The molecule has 24 heavy (non-hydrogen) atoms. The van der Waals surface area contributed by atoms with Crippen LogP contribution in [0.1, 0.15) is 18.4 Å². The second kappa shape index (κ2) is 7.72. The Labute approximate surface area is 139 Å². The highest BCUT2D eigenvalue weighted by atomic mass is 19.4. The van der Waals surface area contributed by atoms with Crippen molar-refractivity contribution in [2.75, 3.05) is 32.8 Å². The number of hydrogen-bond donors (Lipinski definition) is 1. The van der Waals surface area contributed by atoms with Crippen molar-refractivity contribution in [2.24, 2.45) is 0 Å². The van der Waals surface area contributed by atoms with Crippen molar-refractivity contribution in [2.45, 2.75) is 37.7 Å². The topological polar surface area (TPSA) is 33.7 Å². The second-order valence-electron chi connectivity index (χ2n) is 6.40. The molecule has 7 heteroatoms. The average Bonchev–Trinajstić information content (AvgIpc) is 3.38. The summed E-state index contributed by atoms with van der Waals surface area (Å²) < 4.78 is 47.1. The van der Waals surface area contributed by atoms with Crippen LogP contribution in [0.5, 0.6) is 5.75 Å². The number of ether oxygens (including phenoxy) is 2. The zero-order valence-corrected chi connectivity index (χ0v) is 13.5. The van der Waals surface area contributed by atoms with Gasteiger partial charge in [-0.1, -0.05) is 12.1 Å². The van der Waals surface area contributed by atoms with Gasteiger partial charge in [-0.15, -0.1) is 0 Å². The maximum absolute atomic E-state index is 12.2. The molecule has 0 bridgehead atoms. The molecule has 1 aliphatic heterocycles. The lowest BCUT2D eigenvalue weighted by atomic mass is 10.2. The Balaban J connectivity index is 1.41. The van der Waals surface area contributed by atoms with Crippen LogP contribution in [-0.2, 0) is 11.3 Å². The fourth-order valence-corrected chi connectivity index (χ4v) is 2.92. The van der Waals surface area contributed by atoms with Gasteiger partial charge in [0.1, 0.15) is 5.75 Å². The van der Waals surface area contributed by atoms with E-state index in [4.69, 9.17) is 9.47 Å². The molecule has 4 nitrogen and oxygen atoms in total. The second-order valence-corrected chi connectivity index (χ2v) is 6.40. The SMILES string of the molecule is FC(F)(F)COc1cccc(CNC[C@@H]2CN(C3CC3)CCO2)c1. The predicted molar refractivity (Wildman–Crippen MR) is 84.0 cm³/mol. The molecule has 1 saturated carbocycles. The van der Waals surface area contributed by atoms with Crippen molar-refractivity contribution in [3.8, 4) is 5.75 Å². The zero-order chi connectivity index (χ0) is 17.0. The molecule has 3 rings (SSSR count). The Morgan fingerprint density at radius 3 is 2.88 bits per heavy atom. The molecule has 1 saturated heterocycles. The molecule has 2 fully saturated rings. The molecule has 0 amide bonds. The molecule has 1 aliphatic carbocycles. The number of benzene rings is 1. The smallest absolute Gasteiger partial charge is 0.422 e. The first-order chi connectivity index (χ1) is 11.5. The molecule has 134 valence electrons. The number of alkyl halides is 3. The van der Waals surface area contributed by atoms with E-state index in [1.165, 1.54) is 18.9 Å². The Kier molecular flexibility index (Phi) is 5.63. The first kappa shape index (κ1) is 17.5. The van der Waals surface area contributed by atoms with Crippen LogP contribution >= 0.6 is 0 Å². The van der Waals surface area contributed by atoms with Gasteiger partial charge < -0.3 is 14.8 Å². The maximum atomic E-state index is 12.2. The molecule has 1 aromatic rings. The van der Waals surface area contributed by atoms with Crippen LogP contribution in [0.3, 0.4) is 0 Å². The molecular formula is C17H23F3N2O2. The lowest BCUT2D eigenvalue weighted by Gasteiger charge is -2.33. The minimum atomic E-state index is -4.32. The largest absolute Gasteiger partial charge is 0.484 e. The average molecular weight is 344 g/mol. The summed E-state index contributed by atoms with van der Waals surface area (Å²) in [5.41, 5.74) is 0.893. The first-order valence-electron chi connectivity index (χ1n) is 8.34. The van der Waals surface area contributed by atoms with Crippen LogP contribution in [0.25, 0.3) is 0 Å². The van der Waals surface area contributed by atoms with Crippen molar-refractivity contribution < 1.29 is 22.6 Å². The summed E-state index contributed by atoms with van der Waals surface area (Å²) in [5.74, 6) is 0.237. The number of rotatable bonds is 7. The van der Waals surface area contributed by atoms with Crippen LogP contribution in [0, 0.1) is 0 Å². The summed E-state index contributed by atoms with van der Waals surface area (Å²) in [6.45, 7) is 2.77. The maximum Gasteiger partial charge on any atom is 0.422 e. The lowest BCUT2D eigenvalue weighted by molar-refractivity contribution is -0.153. The number of morpholine rings is 1. The van der Waals surface area contributed by atoms with Crippen LogP contribution in [0.15, 0.2) is 24.3 Å². The lowest BCUT2D eigenvalue weighted by Crippen LogP contribution is -2.47. The van der Waals surface area contributed by atoms with E-state index in [1.54, 1.807) is 12.1 Å². The van der Waals surface area contributed by atoms with E-state index in [9.17, 15) is 13.2 Å². The summed E-state index contributed by atoms with van der Waals surface area (Å²) >= 11 is 0. The summed E-state index contributed by atoms with van der Waals surface area (Å²) in [6.07, 6.45) is -1.56. The van der Waals surface area contributed by atoms with E-state index >= 15 is 0 Å². The number of nitrogens with zero attached hydrogens (tertiary/aromatic N) is 1. The molecule has 1 heterocycles. The van der Waals surface area contributed by atoms with Gasteiger partial charge in [-0.25, -0.2) is 0 Å². The standard InChI is InChI=1S/C17H23F3N2O2/c18-17(19,20)12-24-15-3-1-2-13(8-15)9-21-10-16-11-22(6-7-23-16)14-4-5-14/h1-3,8,14,16,21H,4-7,9-12H2/t16-/m1/s1. The monoisotopic (exact) mass is 344 g/mol. The highest BCUT2D eigenvalue weighted by Gasteiger charge is 2.32. The summed E-state index contributed by atoms with van der Waals surface area (Å²) in [7, 11) is 0. The van der Waals surface area contributed by atoms with Gasteiger partial charge in [-0.3, -0.25) is 4.90 Å². The number of halogens is 3. The highest BCUT2D eigenvalue weighted by Crippen LogP contribution is 2.28. The van der Waals surface area contributed by atoms with Gasteiger partial charge >= 0.3 is 6.18 Å². The third-order valence-electron chi connectivity index (χ3n) is 4.24. The van der Waals surface area contributed by atoms with Crippen molar-refractivity contribution in [3.05, 3.63) is 29.8 Å². The zero-order valence-electron chi connectivity index (χ0n) is 13.5. The van der Waals surface area contributed by atoms with Gasteiger partial charge in [0.2, 0.25) is 0 Å². The van der Waals surface area contributed by atoms with Crippen molar-refractivity contribution in [3.63, 3.8) is 0 Å². The summed E-state index contributed by atoms with van der Waals surface area (Å²) in [4.78, 5) is 2.49. The fraction of sp³-hybridized carbons (Fsp3) is 0.647. The Bertz CT molecular complexity index is 535. The Morgan fingerprint density at radius 1 is 1.29 bits per heavy atom. The first-order valence-corrected chi connectivity index (χ1v) is 8.34.